The van der Waals surface area contributed by atoms with Gasteiger partial charge in [0.25, 0.3) is 0 Å². The Balaban J connectivity index is 2.15. The molecule has 0 saturated heterocycles. The van der Waals surface area contributed by atoms with Crippen LogP contribution in [-0.4, -0.2) is 24.5 Å². The fourth-order valence-corrected chi connectivity index (χ4v) is 2.38. The van der Waals surface area contributed by atoms with E-state index in [2.05, 4.69) is 31.4 Å². The lowest BCUT2D eigenvalue weighted by Gasteiger charge is -2.31. The Labute approximate surface area is 106 Å². The van der Waals surface area contributed by atoms with E-state index >= 15 is 0 Å². The van der Waals surface area contributed by atoms with Crippen molar-refractivity contribution in [3.05, 3.63) is 0 Å². The van der Waals surface area contributed by atoms with Crippen molar-refractivity contribution in [2.75, 3.05) is 13.1 Å². The quantitative estimate of drug-likeness (QED) is 0.792. The monoisotopic (exact) mass is 240 g/mol. The molecule has 3 nitrogen and oxygen atoms in total. The molecule has 0 heterocycles. The van der Waals surface area contributed by atoms with Crippen molar-refractivity contribution in [1.82, 2.24) is 10.6 Å². The van der Waals surface area contributed by atoms with Crippen LogP contribution < -0.4 is 10.6 Å². The summed E-state index contributed by atoms with van der Waals surface area (Å²) < 4.78 is 0. The predicted molar refractivity (Wildman–Crippen MR) is 71.9 cm³/mol. The molecule has 0 atom stereocenters. The minimum atomic E-state index is 0.0986. The molecule has 0 unspecified atom stereocenters. The van der Waals surface area contributed by atoms with Crippen molar-refractivity contribution >= 4 is 5.91 Å². The van der Waals surface area contributed by atoms with Crippen molar-refractivity contribution < 1.29 is 4.79 Å². The second-order valence-electron chi connectivity index (χ2n) is 6.45. The van der Waals surface area contributed by atoms with Crippen LogP contribution in [-0.2, 0) is 4.79 Å². The molecule has 2 N–H and O–H groups in total. The van der Waals surface area contributed by atoms with Crippen LogP contribution in [0.3, 0.4) is 0 Å². The first kappa shape index (κ1) is 14.5. The molecule has 100 valence electrons. The van der Waals surface area contributed by atoms with E-state index in [1.165, 1.54) is 25.7 Å². The van der Waals surface area contributed by atoms with E-state index in [4.69, 9.17) is 0 Å². The van der Waals surface area contributed by atoms with Gasteiger partial charge in [0.05, 0.1) is 0 Å². The molecule has 1 saturated carbocycles. The summed E-state index contributed by atoms with van der Waals surface area (Å²) in [5, 5.41) is 6.52. The minimum Gasteiger partial charge on any atom is -0.356 e. The summed E-state index contributed by atoms with van der Waals surface area (Å²) in [5.41, 5.74) is 0.229. The van der Waals surface area contributed by atoms with E-state index in [9.17, 15) is 4.79 Å². The molecular weight excluding hydrogens is 212 g/mol. The molecular formula is C14H28N2O. The molecule has 0 spiro atoms. The minimum absolute atomic E-state index is 0.0986. The maximum Gasteiger partial charge on any atom is 0.216 e. The fourth-order valence-electron chi connectivity index (χ4n) is 2.38. The summed E-state index contributed by atoms with van der Waals surface area (Å²) in [6.07, 6.45) is 5.12. The number of hydrogen-bond donors (Lipinski definition) is 2. The largest absolute Gasteiger partial charge is 0.356 e. The van der Waals surface area contributed by atoms with E-state index in [0.717, 1.165) is 19.0 Å². The summed E-state index contributed by atoms with van der Waals surface area (Å²) in [6, 6.07) is 0. The van der Waals surface area contributed by atoms with Gasteiger partial charge in [-0.3, -0.25) is 4.79 Å². The lowest BCUT2D eigenvalue weighted by Crippen LogP contribution is -2.40. The summed E-state index contributed by atoms with van der Waals surface area (Å²) in [4.78, 5) is 10.8. The molecule has 0 radical (unpaired) electrons. The van der Waals surface area contributed by atoms with Crippen LogP contribution in [0.4, 0.5) is 0 Å². The molecule has 1 rings (SSSR count). The average molecular weight is 240 g/mol. The average Bonchev–Trinajstić information content (AvgIpc) is 2.24. The van der Waals surface area contributed by atoms with Gasteiger partial charge in [0.2, 0.25) is 5.91 Å². The van der Waals surface area contributed by atoms with Gasteiger partial charge < -0.3 is 10.6 Å². The number of hydrogen-bond acceptors (Lipinski definition) is 2. The van der Waals surface area contributed by atoms with Crippen LogP contribution in [0.15, 0.2) is 0 Å². The van der Waals surface area contributed by atoms with Crippen LogP contribution in [0, 0.1) is 11.8 Å². The standard InChI is InChI=1S/C14H28N2O/c1-11(17)15-9-12-5-7-13(8-6-12)10-16-14(2,3)4/h12-13,16H,5-10H2,1-4H3,(H,15,17). The molecule has 1 aliphatic rings. The third-order valence-corrected chi connectivity index (χ3v) is 3.53. The molecule has 3 heteroatoms. The van der Waals surface area contributed by atoms with Gasteiger partial charge in [0.15, 0.2) is 0 Å². The Hall–Kier alpha value is -0.570. The smallest absolute Gasteiger partial charge is 0.216 e. The first-order valence-electron chi connectivity index (χ1n) is 6.86. The zero-order valence-corrected chi connectivity index (χ0v) is 11.8. The SMILES string of the molecule is CC(=O)NCC1CCC(CNC(C)(C)C)CC1. The molecule has 17 heavy (non-hydrogen) atoms. The lowest BCUT2D eigenvalue weighted by molar-refractivity contribution is -0.119. The number of nitrogens with one attached hydrogen (secondary N) is 2. The highest BCUT2D eigenvalue weighted by Crippen LogP contribution is 2.28. The zero-order valence-electron chi connectivity index (χ0n) is 11.8. The van der Waals surface area contributed by atoms with E-state index in [-0.39, 0.29) is 11.4 Å². The maximum atomic E-state index is 10.8. The predicted octanol–water partition coefficient (Wildman–Crippen LogP) is 2.32. The third-order valence-electron chi connectivity index (χ3n) is 3.53. The molecule has 1 aliphatic carbocycles. The van der Waals surface area contributed by atoms with E-state index in [1.807, 2.05) is 0 Å². The summed E-state index contributed by atoms with van der Waals surface area (Å²) in [7, 11) is 0. The second-order valence-corrected chi connectivity index (χ2v) is 6.45. The lowest BCUT2D eigenvalue weighted by atomic mass is 9.81. The van der Waals surface area contributed by atoms with Crippen molar-refractivity contribution in [1.29, 1.82) is 0 Å². The summed E-state index contributed by atoms with van der Waals surface area (Å²) in [6.45, 7) is 10.3. The fraction of sp³-hybridized carbons (Fsp3) is 0.929. The Bertz CT molecular complexity index is 237. The van der Waals surface area contributed by atoms with E-state index < -0.39 is 0 Å². The van der Waals surface area contributed by atoms with Crippen molar-refractivity contribution in [3.8, 4) is 0 Å². The molecule has 1 amide bonds. The van der Waals surface area contributed by atoms with Crippen LogP contribution >= 0.6 is 0 Å². The van der Waals surface area contributed by atoms with Crippen molar-refractivity contribution in [3.63, 3.8) is 0 Å². The van der Waals surface area contributed by atoms with Crippen molar-refractivity contribution in [2.45, 2.75) is 58.9 Å². The molecule has 0 aromatic carbocycles. The highest BCUT2D eigenvalue weighted by Gasteiger charge is 2.22. The number of amides is 1. The maximum absolute atomic E-state index is 10.8. The Morgan fingerprint density at radius 2 is 1.53 bits per heavy atom. The highest BCUT2D eigenvalue weighted by atomic mass is 16.1. The first-order valence-corrected chi connectivity index (χ1v) is 6.86. The molecule has 1 fully saturated rings. The van der Waals surface area contributed by atoms with Gasteiger partial charge in [0.1, 0.15) is 0 Å². The summed E-state index contributed by atoms with van der Waals surface area (Å²) in [5.74, 6) is 1.62. The number of carbonyl (C=O) groups is 1. The van der Waals surface area contributed by atoms with Gasteiger partial charge in [-0.05, 0) is 64.8 Å². The second kappa shape index (κ2) is 6.39. The Morgan fingerprint density at radius 1 is 1.06 bits per heavy atom. The van der Waals surface area contributed by atoms with Crippen LogP contribution in [0.2, 0.25) is 0 Å². The zero-order chi connectivity index (χ0) is 12.9. The van der Waals surface area contributed by atoms with Gasteiger partial charge >= 0.3 is 0 Å². The Morgan fingerprint density at radius 3 is 1.94 bits per heavy atom. The van der Waals surface area contributed by atoms with Gasteiger partial charge in [-0.2, -0.15) is 0 Å². The van der Waals surface area contributed by atoms with Gasteiger partial charge in [-0.25, -0.2) is 0 Å². The molecule has 0 bridgehead atoms. The van der Waals surface area contributed by atoms with Crippen LogP contribution in [0.5, 0.6) is 0 Å². The number of rotatable bonds is 4. The third kappa shape index (κ3) is 6.67. The normalized spacial score (nSPS) is 25.6. The van der Waals surface area contributed by atoms with Crippen molar-refractivity contribution in [2.24, 2.45) is 11.8 Å². The highest BCUT2D eigenvalue weighted by molar-refractivity contribution is 5.72. The van der Waals surface area contributed by atoms with Crippen LogP contribution in [0.1, 0.15) is 53.4 Å². The van der Waals surface area contributed by atoms with E-state index in [1.54, 1.807) is 6.92 Å². The number of carbonyl (C=O) groups excluding carboxylic acids is 1. The molecule has 0 aliphatic heterocycles. The molecule has 0 aromatic rings. The summed E-state index contributed by atoms with van der Waals surface area (Å²) >= 11 is 0. The van der Waals surface area contributed by atoms with Crippen LogP contribution in [0.25, 0.3) is 0 Å². The Kier molecular flexibility index (Phi) is 5.44. The van der Waals surface area contributed by atoms with Gasteiger partial charge in [0, 0.05) is 19.0 Å². The topological polar surface area (TPSA) is 41.1 Å². The van der Waals surface area contributed by atoms with Gasteiger partial charge in [-0.15, -0.1) is 0 Å². The van der Waals surface area contributed by atoms with Gasteiger partial charge in [-0.1, -0.05) is 0 Å². The van der Waals surface area contributed by atoms with E-state index in [0.29, 0.717) is 5.92 Å². The first-order chi connectivity index (χ1) is 7.87. The molecule has 0 aromatic heterocycles.